The molecule has 1 atom stereocenters. The Kier molecular flexibility index (Phi) is 2.50. The number of carbonyl (C=O) groups is 1. The lowest BCUT2D eigenvalue weighted by Crippen LogP contribution is -2.21. The van der Waals surface area contributed by atoms with Crippen LogP contribution in [0.2, 0.25) is 0 Å². The van der Waals surface area contributed by atoms with Crippen LogP contribution in [0.3, 0.4) is 0 Å². The summed E-state index contributed by atoms with van der Waals surface area (Å²) < 4.78 is 5.18. The third-order valence-electron chi connectivity index (χ3n) is 2.27. The molecule has 74 valence electrons. The maximum Gasteiger partial charge on any atom is 0.340 e. The quantitative estimate of drug-likeness (QED) is 0.741. The van der Waals surface area contributed by atoms with Crippen molar-refractivity contribution < 1.29 is 9.53 Å². The molecule has 0 bridgehead atoms. The van der Waals surface area contributed by atoms with E-state index in [9.17, 15) is 4.79 Å². The number of fused-ring (bicyclic) bond motifs is 1. The molecule has 0 amide bonds. The van der Waals surface area contributed by atoms with Crippen LogP contribution >= 0.6 is 0 Å². The molecule has 1 aliphatic heterocycles. The molecule has 1 heterocycles. The number of ether oxygens (including phenoxy) is 1. The third kappa shape index (κ3) is 1.51. The first-order chi connectivity index (χ1) is 6.83. The molecule has 0 aromatic heterocycles. The Hall–Kier alpha value is -1.35. The highest BCUT2D eigenvalue weighted by molar-refractivity contribution is 5.93. The number of hydrogen-bond acceptors (Lipinski definition) is 3. The fourth-order valence-corrected chi connectivity index (χ4v) is 1.57. The number of hydrogen-bond donors (Lipinski definition) is 1. The van der Waals surface area contributed by atoms with Gasteiger partial charge < -0.3 is 4.74 Å². The highest BCUT2D eigenvalue weighted by Crippen LogP contribution is 2.27. The molecule has 0 aliphatic carbocycles. The van der Waals surface area contributed by atoms with Crippen LogP contribution in [0.4, 0.5) is 0 Å². The Bertz CT molecular complexity index is 349. The molecule has 1 aliphatic rings. The van der Waals surface area contributed by atoms with Gasteiger partial charge in [0.05, 0.1) is 5.56 Å². The Morgan fingerprint density at radius 1 is 1.43 bits per heavy atom. The van der Waals surface area contributed by atoms with E-state index in [2.05, 4.69) is 12.2 Å². The van der Waals surface area contributed by atoms with Gasteiger partial charge in [0.2, 0.25) is 0 Å². The molecule has 1 aromatic carbocycles. The van der Waals surface area contributed by atoms with Crippen LogP contribution in [0.15, 0.2) is 24.3 Å². The molecule has 1 aromatic rings. The van der Waals surface area contributed by atoms with Crippen LogP contribution < -0.4 is 5.32 Å². The number of benzene rings is 1. The molecule has 3 nitrogen and oxygen atoms in total. The van der Waals surface area contributed by atoms with E-state index in [1.54, 1.807) is 6.07 Å². The molecule has 0 fully saturated rings. The van der Waals surface area contributed by atoms with Gasteiger partial charge in [-0.1, -0.05) is 25.1 Å². The van der Waals surface area contributed by atoms with Gasteiger partial charge in [-0.05, 0) is 19.0 Å². The third-order valence-corrected chi connectivity index (χ3v) is 2.27. The van der Waals surface area contributed by atoms with Crippen molar-refractivity contribution in [2.24, 2.45) is 0 Å². The van der Waals surface area contributed by atoms with Gasteiger partial charge in [0.1, 0.15) is 0 Å². The van der Waals surface area contributed by atoms with Gasteiger partial charge >= 0.3 is 5.97 Å². The number of esters is 1. The van der Waals surface area contributed by atoms with Crippen molar-refractivity contribution in [2.75, 3.05) is 6.54 Å². The number of cyclic esters (lactones) is 1. The normalized spacial score (nSPS) is 19.2. The molecular formula is C11H13NO2. The average molecular weight is 191 g/mol. The van der Waals surface area contributed by atoms with Crippen LogP contribution in [0, 0.1) is 0 Å². The molecule has 3 heteroatoms. The van der Waals surface area contributed by atoms with Crippen LogP contribution in [0.1, 0.15) is 35.5 Å². The minimum atomic E-state index is -0.251. The van der Waals surface area contributed by atoms with Crippen molar-refractivity contribution in [3.63, 3.8) is 0 Å². The van der Waals surface area contributed by atoms with Gasteiger partial charge in [0, 0.05) is 5.56 Å². The molecule has 0 saturated heterocycles. The van der Waals surface area contributed by atoms with Gasteiger partial charge in [-0.15, -0.1) is 0 Å². The Morgan fingerprint density at radius 3 is 3.00 bits per heavy atom. The molecule has 14 heavy (non-hydrogen) atoms. The summed E-state index contributed by atoms with van der Waals surface area (Å²) in [5.74, 6) is -0.228. The van der Waals surface area contributed by atoms with E-state index in [0.29, 0.717) is 5.56 Å². The second kappa shape index (κ2) is 3.80. The van der Waals surface area contributed by atoms with Gasteiger partial charge in [-0.2, -0.15) is 0 Å². The monoisotopic (exact) mass is 191 g/mol. The van der Waals surface area contributed by atoms with E-state index in [1.165, 1.54) is 0 Å². The van der Waals surface area contributed by atoms with Crippen LogP contribution in [-0.4, -0.2) is 12.5 Å². The lowest BCUT2D eigenvalue weighted by atomic mass is 10.1. The van der Waals surface area contributed by atoms with E-state index in [0.717, 1.165) is 18.5 Å². The second-order valence-electron chi connectivity index (χ2n) is 3.33. The summed E-state index contributed by atoms with van der Waals surface area (Å²) in [5.41, 5.74) is 1.63. The summed E-state index contributed by atoms with van der Waals surface area (Å²) in [7, 11) is 0. The Balaban J connectivity index is 2.21. The molecule has 0 radical (unpaired) electrons. The van der Waals surface area contributed by atoms with Crippen molar-refractivity contribution in [2.45, 2.75) is 19.6 Å². The summed E-state index contributed by atoms with van der Waals surface area (Å²) in [6.45, 7) is 2.93. The lowest BCUT2D eigenvalue weighted by molar-refractivity contribution is 0.0310. The molecular weight excluding hydrogens is 178 g/mol. The van der Waals surface area contributed by atoms with Gasteiger partial charge in [0.25, 0.3) is 0 Å². The van der Waals surface area contributed by atoms with E-state index in [1.807, 2.05) is 18.2 Å². The predicted octanol–water partition coefficient (Wildman–Crippen LogP) is 1.86. The smallest absolute Gasteiger partial charge is 0.340 e. The van der Waals surface area contributed by atoms with Crippen LogP contribution in [0.25, 0.3) is 0 Å². The van der Waals surface area contributed by atoms with Gasteiger partial charge in [-0.25, -0.2) is 4.79 Å². The summed E-state index contributed by atoms with van der Waals surface area (Å²) in [5, 5.41) is 3.17. The minimum Gasteiger partial charge on any atom is -0.439 e. The first kappa shape index (κ1) is 9.21. The van der Waals surface area contributed by atoms with Crippen molar-refractivity contribution >= 4 is 5.97 Å². The SMILES string of the molecule is CCCNC1OC(=O)c2ccccc21. The molecule has 2 rings (SSSR count). The highest BCUT2D eigenvalue weighted by Gasteiger charge is 2.29. The summed E-state index contributed by atoms with van der Waals surface area (Å²) >= 11 is 0. The summed E-state index contributed by atoms with van der Waals surface area (Å²) in [6.07, 6.45) is 0.773. The van der Waals surface area contributed by atoms with Crippen molar-refractivity contribution in [3.05, 3.63) is 35.4 Å². The topological polar surface area (TPSA) is 38.3 Å². The molecule has 1 unspecified atom stereocenters. The summed E-state index contributed by atoms with van der Waals surface area (Å²) in [4.78, 5) is 11.4. The standard InChI is InChI=1S/C11H13NO2/c1-2-7-12-10-8-5-3-4-6-9(8)11(13)14-10/h3-6,10,12H,2,7H2,1H3. The van der Waals surface area contributed by atoms with Crippen molar-refractivity contribution in [1.82, 2.24) is 5.32 Å². The number of carbonyl (C=O) groups excluding carboxylic acids is 1. The van der Waals surface area contributed by atoms with E-state index >= 15 is 0 Å². The number of rotatable bonds is 3. The summed E-state index contributed by atoms with van der Waals surface area (Å²) in [6, 6.07) is 7.49. The fourth-order valence-electron chi connectivity index (χ4n) is 1.57. The van der Waals surface area contributed by atoms with E-state index < -0.39 is 0 Å². The number of nitrogens with one attached hydrogen (secondary N) is 1. The zero-order valence-corrected chi connectivity index (χ0v) is 8.12. The van der Waals surface area contributed by atoms with E-state index in [4.69, 9.17) is 4.74 Å². The molecule has 0 saturated carbocycles. The van der Waals surface area contributed by atoms with Crippen LogP contribution in [0.5, 0.6) is 0 Å². The fraction of sp³-hybridized carbons (Fsp3) is 0.364. The maximum absolute atomic E-state index is 11.4. The Morgan fingerprint density at radius 2 is 2.21 bits per heavy atom. The Labute approximate surface area is 83.1 Å². The second-order valence-corrected chi connectivity index (χ2v) is 3.33. The molecule has 1 N–H and O–H groups in total. The predicted molar refractivity (Wildman–Crippen MR) is 52.9 cm³/mol. The molecule has 0 spiro atoms. The van der Waals surface area contributed by atoms with Crippen molar-refractivity contribution in [1.29, 1.82) is 0 Å². The first-order valence-corrected chi connectivity index (χ1v) is 4.86. The zero-order valence-electron chi connectivity index (χ0n) is 8.12. The minimum absolute atomic E-state index is 0.228. The van der Waals surface area contributed by atoms with Gasteiger partial charge in [0.15, 0.2) is 6.23 Å². The zero-order chi connectivity index (χ0) is 9.97. The van der Waals surface area contributed by atoms with Crippen molar-refractivity contribution in [3.8, 4) is 0 Å². The first-order valence-electron chi connectivity index (χ1n) is 4.86. The highest BCUT2D eigenvalue weighted by atomic mass is 16.6. The lowest BCUT2D eigenvalue weighted by Gasteiger charge is -2.11. The van der Waals surface area contributed by atoms with Crippen LogP contribution in [-0.2, 0) is 4.74 Å². The average Bonchev–Trinajstić information content (AvgIpc) is 2.54. The maximum atomic E-state index is 11.4. The van der Waals surface area contributed by atoms with Gasteiger partial charge in [-0.3, -0.25) is 5.32 Å². The van der Waals surface area contributed by atoms with E-state index in [-0.39, 0.29) is 12.2 Å². The largest absolute Gasteiger partial charge is 0.439 e.